The number of nitrogens with one attached hydrogen (secondary N) is 1. The van der Waals surface area contributed by atoms with Gasteiger partial charge in [-0.1, -0.05) is 38.1 Å². The molecule has 0 aliphatic heterocycles. The lowest BCUT2D eigenvalue weighted by Gasteiger charge is -2.12. The van der Waals surface area contributed by atoms with Gasteiger partial charge in [0.1, 0.15) is 0 Å². The summed E-state index contributed by atoms with van der Waals surface area (Å²) in [5, 5.41) is 15.9. The Bertz CT molecular complexity index is 1270. The van der Waals surface area contributed by atoms with E-state index in [1.807, 2.05) is 51.4 Å². The van der Waals surface area contributed by atoms with Gasteiger partial charge in [0.15, 0.2) is 23.5 Å². The fourth-order valence-electron chi connectivity index (χ4n) is 3.65. The van der Waals surface area contributed by atoms with Crippen molar-refractivity contribution in [2.75, 3.05) is 14.2 Å². The van der Waals surface area contributed by atoms with E-state index in [1.54, 1.807) is 22.9 Å². The van der Waals surface area contributed by atoms with Crippen LogP contribution < -0.4 is 26.3 Å². The second-order valence-electron chi connectivity index (χ2n) is 9.19. The molecule has 6 N–H and O–H groups in total. The summed E-state index contributed by atoms with van der Waals surface area (Å²) in [7, 11) is 4.95. The molecule has 0 unspecified atom stereocenters. The number of carbonyl (C=O) groups is 2. The number of guanidine groups is 1. The maximum absolute atomic E-state index is 12.1. The average molecular weight is 539 g/mol. The Morgan fingerprint density at radius 3 is 2.36 bits per heavy atom. The van der Waals surface area contributed by atoms with E-state index < -0.39 is 17.9 Å². The first-order valence-electron chi connectivity index (χ1n) is 12.4. The van der Waals surface area contributed by atoms with Crippen LogP contribution in [0.4, 0.5) is 0 Å². The van der Waals surface area contributed by atoms with Crippen molar-refractivity contribution < 1.29 is 24.2 Å². The van der Waals surface area contributed by atoms with Gasteiger partial charge < -0.3 is 26.0 Å². The Balaban J connectivity index is 0.000000318. The number of hydrogen-bond donors (Lipinski definition) is 4. The molecule has 0 spiro atoms. The van der Waals surface area contributed by atoms with Gasteiger partial charge in [0.25, 0.3) is 0 Å². The molecule has 11 heteroatoms. The maximum Gasteiger partial charge on any atom is 0.328 e. The van der Waals surface area contributed by atoms with Gasteiger partial charge in [-0.3, -0.25) is 14.8 Å². The number of carbonyl (C=O) groups excluding carboxylic acids is 1. The molecule has 2 aromatic carbocycles. The third-order valence-electron chi connectivity index (χ3n) is 5.53. The zero-order valence-corrected chi connectivity index (χ0v) is 23.0. The largest absolute Gasteiger partial charge is 0.493 e. The predicted octanol–water partition coefficient (Wildman–Crippen LogP) is 2.72. The number of methoxy groups -OCH3 is 2. The minimum Gasteiger partial charge on any atom is -0.493 e. The van der Waals surface area contributed by atoms with Gasteiger partial charge in [-0.05, 0) is 47.7 Å². The van der Waals surface area contributed by atoms with Crippen molar-refractivity contribution in [3.63, 3.8) is 0 Å². The Kier molecular flexibility index (Phi) is 12.0. The molecule has 1 aromatic heterocycles. The molecule has 0 radical (unpaired) electrons. The van der Waals surface area contributed by atoms with E-state index in [1.165, 1.54) is 14.2 Å². The van der Waals surface area contributed by atoms with Crippen LogP contribution in [0.3, 0.4) is 0 Å². The summed E-state index contributed by atoms with van der Waals surface area (Å²) in [6.45, 7) is 4.34. The first-order valence-corrected chi connectivity index (χ1v) is 12.4. The minimum absolute atomic E-state index is 0.0402. The van der Waals surface area contributed by atoms with Crippen LogP contribution in [0.1, 0.15) is 31.4 Å². The maximum atomic E-state index is 12.1. The lowest BCUT2D eigenvalue weighted by Crippen LogP contribution is -2.39. The lowest BCUT2D eigenvalue weighted by molar-refractivity contribution is -0.138. The highest BCUT2D eigenvalue weighted by atomic mass is 16.5. The SMILES string of the molecule is COc1ccc(CC(=O)NC(N)=N[C@H](CC(C)C)C(=O)O)cc1OC.Cn1ccc(-c2cccc(CN)c2)n1. The third-order valence-corrected chi connectivity index (χ3v) is 5.53. The summed E-state index contributed by atoms with van der Waals surface area (Å²) in [4.78, 5) is 27.1. The standard InChI is InChI=1S/C17H25N3O5.C11H13N3/c1-10(2)7-12(16(22)23)19-17(18)20-15(21)9-11-5-6-13(24-3)14(8-11)25-4;1-14-6-5-11(13-14)10-4-2-3-9(7-10)8-12/h5-6,8,10,12H,7,9H2,1-4H3,(H,22,23)(H3,18,19,20,21);2-7H,8,12H2,1H3/t12-;/m1./s1. The van der Waals surface area contributed by atoms with Crippen LogP contribution in [0.25, 0.3) is 11.3 Å². The zero-order valence-electron chi connectivity index (χ0n) is 23.0. The smallest absolute Gasteiger partial charge is 0.328 e. The first kappa shape index (κ1) is 30.8. The highest BCUT2D eigenvalue weighted by molar-refractivity contribution is 5.97. The molecule has 1 heterocycles. The minimum atomic E-state index is -1.08. The molecular formula is C28H38N6O5. The van der Waals surface area contributed by atoms with Gasteiger partial charge in [-0.2, -0.15) is 5.10 Å². The number of benzene rings is 2. The summed E-state index contributed by atoms with van der Waals surface area (Å²) in [6.07, 6.45) is 2.31. The number of hydrogen-bond acceptors (Lipinski definition) is 7. The van der Waals surface area contributed by atoms with E-state index >= 15 is 0 Å². The number of aliphatic carboxylic acids is 1. The quantitative estimate of drug-likeness (QED) is 0.226. The van der Waals surface area contributed by atoms with Gasteiger partial charge in [-0.15, -0.1) is 0 Å². The van der Waals surface area contributed by atoms with Gasteiger partial charge in [0.2, 0.25) is 5.91 Å². The van der Waals surface area contributed by atoms with Crippen LogP contribution in [-0.4, -0.2) is 53.0 Å². The summed E-state index contributed by atoms with van der Waals surface area (Å²) in [5.74, 6) is -0.477. The second kappa shape index (κ2) is 15.1. The number of nitrogens with two attached hydrogens (primary N) is 2. The van der Waals surface area contributed by atoms with Crippen molar-refractivity contribution in [3.8, 4) is 22.8 Å². The summed E-state index contributed by atoms with van der Waals surface area (Å²) >= 11 is 0. The molecule has 210 valence electrons. The molecule has 0 fully saturated rings. The van der Waals surface area contributed by atoms with E-state index in [0.29, 0.717) is 30.0 Å². The number of aliphatic imine (C=N–C) groups is 1. The van der Waals surface area contributed by atoms with Crippen molar-refractivity contribution in [2.45, 2.75) is 39.3 Å². The monoisotopic (exact) mass is 538 g/mol. The Morgan fingerprint density at radius 2 is 1.79 bits per heavy atom. The van der Waals surface area contributed by atoms with Crippen LogP contribution in [-0.2, 0) is 29.6 Å². The molecule has 3 rings (SSSR count). The Labute approximate surface area is 228 Å². The molecule has 39 heavy (non-hydrogen) atoms. The van der Waals surface area contributed by atoms with Crippen molar-refractivity contribution in [3.05, 3.63) is 65.9 Å². The molecule has 0 saturated heterocycles. The Morgan fingerprint density at radius 1 is 1.08 bits per heavy atom. The lowest BCUT2D eigenvalue weighted by atomic mass is 10.0. The normalized spacial score (nSPS) is 11.8. The van der Waals surface area contributed by atoms with Gasteiger partial charge in [0, 0.05) is 25.4 Å². The van der Waals surface area contributed by atoms with E-state index in [4.69, 9.17) is 26.0 Å². The third kappa shape index (κ3) is 10.1. The zero-order chi connectivity index (χ0) is 28.9. The second-order valence-corrected chi connectivity index (χ2v) is 9.19. The predicted molar refractivity (Wildman–Crippen MR) is 150 cm³/mol. The van der Waals surface area contributed by atoms with Gasteiger partial charge >= 0.3 is 5.97 Å². The summed E-state index contributed by atoms with van der Waals surface area (Å²) < 4.78 is 12.1. The summed E-state index contributed by atoms with van der Waals surface area (Å²) in [5.41, 5.74) is 15.2. The number of rotatable bonds is 10. The summed E-state index contributed by atoms with van der Waals surface area (Å²) in [6, 6.07) is 14.3. The number of aryl methyl sites for hydroxylation is 1. The van der Waals surface area contributed by atoms with E-state index in [0.717, 1.165) is 16.8 Å². The molecule has 1 amide bonds. The first-order chi connectivity index (χ1) is 18.6. The van der Waals surface area contributed by atoms with Crippen LogP contribution in [0, 0.1) is 5.92 Å². The van der Waals surface area contributed by atoms with E-state index in [2.05, 4.69) is 21.5 Å². The molecule has 0 bridgehead atoms. The number of ether oxygens (including phenoxy) is 2. The average Bonchev–Trinajstić information content (AvgIpc) is 3.34. The van der Waals surface area contributed by atoms with Crippen LogP contribution >= 0.6 is 0 Å². The molecule has 0 aliphatic rings. The fraction of sp³-hybridized carbons (Fsp3) is 0.357. The number of nitrogens with zero attached hydrogens (tertiary/aromatic N) is 3. The van der Waals surface area contributed by atoms with Gasteiger partial charge in [0.05, 0.1) is 26.3 Å². The molecule has 1 atom stereocenters. The molecular weight excluding hydrogens is 500 g/mol. The number of aromatic nitrogens is 2. The Hall–Kier alpha value is -4.38. The highest BCUT2D eigenvalue weighted by Gasteiger charge is 2.19. The van der Waals surface area contributed by atoms with Crippen molar-refractivity contribution in [2.24, 2.45) is 29.4 Å². The molecule has 3 aromatic rings. The number of carboxylic acids is 1. The van der Waals surface area contributed by atoms with Crippen LogP contribution in [0.15, 0.2) is 59.7 Å². The number of amides is 1. The van der Waals surface area contributed by atoms with Crippen LogP contribution in [0.5, 0.6) is 11.5 Å². The van der Waals surface area contributed by atoms with E-state index in [-0.39, 0.29) is 18.3 Å². The highest BCUT2D eigenvalue weighted by Crippen LogP contribution is 2.27. The van der Waals surface area contributed by atoms with Crippen molar-refractivity contribution in [1.82, 2.24) is 15.1 Å². The molecule has 0 saturated carbocycles. The van der Waals surface area contributed by atoms with Gasteiger partial charge in [-0.25, -0.2) is 9.79 Å². The van der Waals surface area contributed by atoms with Crippen molar-refractivity contribution >= 4 is 17.8 Å². The van der Waals surface area contributed by atoms with Crippen LogP contribution in [0.2, 0.25) is 0 Å². The fourth-order valence-corrected chi connectivity index (χ4v) is 3.65. The topological polar surface area (TPSA) is 167 Å². The molecule has 0 aliphatic carbocycles. The molecule has 11 nitrogen and oxygen atoms in total. The van der Waals surface area contributed by atoms with E-state index in [9.17, 15) is 9.59 Å². The van der Waals surface area contributed by atoms with Crippen molar-refractivity contribution in [1.29, 1.82) is 0 Å². The number of carboxylic acid groups (broad SMARTS) is 1.